The number of nitrogens with zero attached hydrogens (tertiary/aromatic N) is 1. The van der Waals surface area contributed by atoms with Gasteiger partial charge in [-0.2, -0.15) is 0 Å². The molecule has 2 amide bonds. The zero-order chi connectivity index (χ0) is 15.3. The number of nitrogens with two attached hydrogens (primary N) is 1. The van der Waals surface area contributed by atoms with Gasteiger partial charge < -0.3 is 11.1 Å². The molecule has 0 aromatic carbocycles. The van der Waals surface area contributed by atoms with Crippen LogP contribution in [0.4, 0.5) is 0 Å². The van der Waals surface area contributed by atoms with E-state index < -0.39 is 0 Å². The first kappa shape index (κ1) is 13.7. The van der Waals surface area contributed by atoms with Crippen molar-refractivity contribution in [2.75, 3.05) is 0 Å². The summed E-state index contributed by atoms with van der Waals surface area (Å²) in [5.74, 6) is 1.12. The highest BCUT2D eigenvalue weighted by Gasteiger charge is 2.58. The number of nitrogens with one attached hydrogen (secondary N) is 1. The third-order valence-electron chi connectivity index (χ3n) is 5.99. The van der Waals surface area contributed by atoms with Gasteiger partial charge in [-0.05, 0) is 62.0 Å². The molecule has 0 radical (unpaired) electrons. The van der Waals surface area contributed by atoms with Crippen LogP contribution in [-0.2, 0) is 4.79 Å². The third-order valence-corrected chi connectivity index (χ3v) is 5.99. The summed E-state index contributed by atoms with van der Waals surface area (Å²) in [7, 11) is 0. The van der Waals surface area contributed by atoms with Gasteiger partial charge in [0.1, 0.15) is 5.69 Å². The molecular weight excluding hydrogens is 278 g/mol. The summed E-state index contributed by atoms with van der Waals surface area (Å²) < 4.78 is 0. The lowest BCUT2D eigenvalue weighted by Crippen LogP contribution is -2.62. The lowest BCUT2D eigenvalue weighted by molar-refractivity contribution is -0.145. The Bertz CT molecular complexity index is 600. The van der Waals surface area contributed by atoms with Gasteiger partial charge in [0.05, 0.1) is 0 Å². The van der Waals surface area contributed by atoms with Crippen LogP contribution in [0.25, 0.3) is 0 Å². The second-order valence-corrected chi connectivity index (χ2v) is 7.33. The van der Waals surface area contributed by atoms with Crippen LogP contribution in [0.1, 0.15) is 42.6 Å². The summed E-state index contributed by atoms with van der Waals surface area (Å²) in [4.78, 5) is 28.4. The molecule has 116 valence electrons. The van der Waals surface area contributed by atoms with E-state index in [1.807, 2.05) is 6.07 Å². The van der Waals surface area contributed by atoms with Crippen LogP contribution < -0.4 is 11.1 Å². The topological polar surface area (TPSA) is 85.1 Å². The predicted molar refractivity (Wildman–Crippen MR) is 80.7 cm³/mol. The van der Waals surface area contributed by atoms with Crippen molar-refractivity contribution in [3.05, 3.63) is 30.1 Å². The molecule has 0 spiro atoms. The van der Waals surface area contributed by atoms with E-state index in [1.54, 1.807) is 18.3 Å². The minimum absolute atomic E-state index is 0.105. The summed E-state index contributed by atoms with van der Waals surface area (Å²) in [5, 5.41) is 3.18. The normalized spacial score (nSPS) is 38.7. The molecule has 4 fully saturated rings. The second-order valence-electron chi connectivity index (χ2n) is 7.33. The van der Waals surface area contributed by atoms with Crippen LogP contribution in [-0.4, -0.2) is 22.8 Å². The number of hydrogen-bond acceptors (Lipinski definition) is 3. The highest BCUT2D eigenvalue weighted by Crippen LogP contribution is 2.59. The fraction of sp³-hybridized carbons (Fsp3) is 0.588. The molecule has 5 rings (SSSR count). The zero-order valence-electron chi connectivity index (χ0n) is 12.5. The maximum Gasteiger partial charge on any atom is 0.270 e. The summed E-state index contributed by atoms with van der Waals surface area (Å²) in [5.41, 5.74) is 5.85. The fourth-order valence-electron chi connectivity index (χ4n) is 5.28. The molecule has 1 aromatic heterocycles. The largest absolute Gasteiger partial charge is 0.369 e. The number of primary amides is 1. The van der Waals surface area contributed by atoms with E-state index in [2.05, 4.69) is 10.3 Å². The smallest absolute Gasteiger partial charge is 0.270 e. The Balaban J connectivity index is 1.53. The Hall–Kier alpha value is -1.91. The molecule has 1 heterocycles. The number of aromatic nitrogens is 1. The third kappa shape index (κ3) is 2.02. The molecule has 4 aliphatic carbocycles. The number of pyridine rings is 1. The molecule has 4 saturated carbocycles. The molecule has 0 aliphatic heterocycles. The predicted octanol–water partition coefficient (Wildman–Crippen LogP) is 1.49. The Morgan fingerprint density at radius 3 is 2.50 bits per heavy atom. The summed E-state index contributed by atoms with van der Waals surface area (Å²) in [6.07, 6.45) is 6.48. The quantitative estimate of drug-likeness (QED) is 0.886. The van der Waals surface area contributed by atoms with Crippen molar-refractivity contribution in [1.82, 2.24) is 10.3 Å². The van der Waals surface area contributed by atoms with E-state index in [1.165, 1.54) is 0 Å². The first-order valence-electron chi connectivity index (χ1n) is 8.09. The van der Waals surface area contributed by atoms with Gasteiger partial charge in [0.25, 0.3) is 5.91 Å². The van der Waals surface area contributed by atoms with Gasteiger partial charge in [-0.1, -0.05) is 6.07 Å². The minimum atomic E-state index is -0.303. The molecule has 1 aromatic rings. The van der Waals surface area contributed by atoms with Crippen molar-refractivity contribution < 1.29 is 9.59 Å². The van der Waals surface area contributed by atoms with Gasteiger partial charge in [-0.25, -0.2) is 0 Å². The minimum Gasteiger partial charge on any atom is -0.369 e. The van der Waals surface area contributed by atoms with Crippen LogP contribution in [0.15, 0.2) is 24.4 Å². The molecule has 5 heteroatoms. The van der Waals surface area contributed by atoms with Crippen LogP contribution in [0.5, 0.6) is 0 Å². The Morgan fingerprint density at radius 1 is 1.18 bits per heavy atom. The van der Waals surface area contributed by atoms with E-state index in [0.29, 0.717) is 23.4 Å². The Kier molecular flexibility index (Phi) is 2.99. The van der Waals surface area contributed by atoms with E-state index in [-0.39, 0.29) is 23.3 Å². The van der Waals surface area contributed by atoms with Crippen LogP contribution in [0, 0.1) is 23.2 Å². The van der Waals surface area contributed by atoms with Gasteiger partial charge in [-0.3, -0.25) is 14.6 Å². The monoisotopic (exact) mass is 299 g/mol. The van der Waals surface area contributed by atoms with Crippen molar-refractivity contribution in [3.63, 3.8) is 0 Å². The number of amides is 2. The highest BCUT2D eigenvalue weighted by atomic mass is 16.2. The number of carbonyl (C=O) groups is 2. The zero-order valence-corrected chi connectivity index (χ0v) is 12.5. The lowest BCUT2D eigenvalue weighted by Gasteiger charge is -2.58. The maximum absolute atomic E-state index is 12.4. The van der Waals surface area contributed by atoms with E-state index >= 15 is 0 Å². The first-order valence-corrected chi connectivity index (χ1v) is 8.09. The second kappa shape index (κ2) is 4.80. The summed E-state index contributed by atoms with van der Waals surface area (Å²) in [6, 6.07) is 5.52. The van der Waals surface area contributed by atoms with E-state index in [0.717, 1.165) is 32.1 Å². The van der Waals surface area contributed by atoms with E-state index in [4.69, 9.17) is 5.73 Å². The van der Waals surface area contributed by atoms with Crippen molar-refractivity contribution in [3.8, 4) is 0 Å². The molecule has 4 aliphatic rings. The molecule has 22 heavy (non-hydrogen) atoms. The maximum atomic E-state index is 12.4. The number of rotatable bonds is 3. The molecule has 3 N–H and O–H groups in total. The van der Waals surface area contributed by atoms with Gasteiger partial charge in [0.2, 0.25) is 5.91 Å². The standard InChI is InChI=1S/C17H21N3O2/c18-16(22)17-7-10-5-11(8-17)14(12(6-10)9-17)20-15(21)13-3-1-2-4-19-13/h1-4,10-12,14H,5-9H2,(H2,18,22)(H,20,21)/t10?,11?,12?,14-,17-. The van der Waals surface area contributed by atoms with E-state index in [9.17, 15) is 9.59 Å². The molecule has 0 saturated heterocycles. The van der Waals surface area contributed by atoms with Gasteiger partial charge in [0.15, 0.2) is 0 Å². The molecule has 2 unspecified atom stereocenters. The van der Waals surface area contributed by atoms with Crippen LogP contribution >= 0.6 is 0 Å². The van der Waals surface area contributed by atoms with Gasteiger partial charge in [0, 0.05) is 17.7 Å². The number of carbonyl (C=O) groups excluding carboxylic acids is 2. The average Bonchev–Trinajstić information content (AvgIpc) is 2.51. The fourth-order valence-corrected chi connectivity index (χ4v) is 5.28. The molecule has 4 bridgehead atoms. The van der Waals surface area contributed by atoms with Crippen LogP contribution in [0.3, 0.4) is 0 Å². The average molecular weight is 299 g/mol. The van der Waals surface area contributed by atoms with Crippen molar-refractivity contribution >= 4 is 11.8 Å². The van der Waals surface area contributed by atoms with Crippen molar-refractivity contribution in [1.29, 1.82) is 0 Å². The van der Waals surface area contributed by atoms with Crippen LogP contribution in [0.2, 0.25) is 0 Å². The van der Waals surface area contributed by atoms with Gasteiger partial charge in [-0.15, -0.1) is 0 Å². The summed E-state index contributed by atoms with van der Waals surface area (Å²) >= 11 is 0. The Morgan fingerprint density at radius 2 is 1.91 bits per heavy atom. The molecule has 2 atom stereocenters. The molecular formula is C17H21N3O2. The lowest BCUT2D eigenvalue weighted by atomic mass is 9.47. The number of hydrogen-bond donors (Lipinski definition) is 2. The molecule has 5 nitrogen and oxygen atoms in total. The highest BCUT2D eigenvalue weighted by molar-refractivity contribution is 5.92. The van der Waals surface area contributed by atoms with Crippen molar-refractivity contribution in [2.45, 2.75) is 38.1 Å². The first-order chi connectivity index (χ1) is 10.6. The van der Waals surface area contributed by atoms with Crippen molar-refractivity contribution in [2.24, 2.45) is 28.9 Å². The summed E-state index contributed by atoms with van der Waals surface area (Å²) in [6.45, 7) is 0. The Labute approximate surface area is 129 Å². The van der Waals surface area contributed by atoms with Gasteiger partial charge >= 0.3 is 0 Å². The SMILES string of the molecule is NC(=O)[C@]12CC3CC(C1)[C@@H](NC(=O)c1ccccn1)C(C3)C2.